The lowest BCUT2D eigenvalue weighted by Gasteiger charge is -2.56. The van der Waals surface area contributed by atoms with Crippen molar-refractivity contribution in [3.05, 3.63) is 71.5 Å². The van der Waals surface area contributed by atoms with E-state index in [-0.39, 0.29) is 17.3 Å². The lowest BCUT2D eigenvalue weighted by atomic mass is 9.80. The van der Waals surface area contributed by atoms with Crippen LogP contribution in [0.15, 0.2) is 54.6 Å². The first-order valence-electron chi connectivity index (χ1n) is 12.3. The summed E-state index contributed by atoms with van der Waals surface area (Å²) in [5.41, 5.74) is 1.79. The molecule has 0 aromatic heterocycles. The zero-order valence-corrected chi connectivity index (χ0v) is 19.1. The number of benzene rings is 2. The molecule has 2 aromatic carbocycles. The lowest BCUT2D eigenvalue weighted by molar-refractivity contribution is -0.0529. The Kier molecular flexibility index (Phi) is 6.21. The van der Waals surface area contributed by atoms with Crippen LogP contribution in [0.4, 0.5) is 4.39 Å². The van der Waals surface area contributed by atoms with Crippen molar-refractivity contribution in [2.45, 2.75) is 50.0 Å². The van der Waals surface area contributed by atoms with Gasteiger partial charge < -0.3 is 4.90 Å². The summed E-state index contributed by atoms with van der Waals surface area (Å²) >= 11 is 0. The molecule has 2 saturated heterocycles. The molecule has 3 fully saturated rings. The molecule has 2 atom stereocenters. The zero-order chi connectivity index (χ0) is 22.8. The van der Waals surface area contributed by atoms with Gasteiger partial charge in [-0.25, -0.2) is 4.39 Å². The molecule has 2 aromatic rings. The maximum atomic E-state index is 13.2. The van der Waals surface area contributed by atoms with E-state index < -0.39 is 0 Å². The van der Waals surface area contributed by atoms with Gasteiger partial charge in [-0.05, 0) is 86.4 Å². The van der Waals surface area contributed by atoms with Gasteiger partial charge in [0.1, 0.15) is 5.82 Å². The maximum Gasteiger partial charge on any atom is 0.253 e. The van der Waals surface area contributed by atoms with Gasteiger partial charge in [-0.3, -0.25) is 9.69 Å². The minimum absolute atomic E-state index is 0.0733. The van der Waals surface area contributed by atoms with E-state index in [9.17, 15) is 14.4 Å². The number of amides is 1. The average molecular weight is 446 g/mol. The Morgan fingerprint density at radius 1 is 1.03 bits per heavy atom. The summed E-state index contributed by atoms with van der Waals surface area (Å²) < 4.78 is 13.2. The van der Waals surface area contributed by atoms with Crippen molar-refractivity contribution in [1.82, 2.24) is 9.80 Å². The van der Waals surface area contributed by atoms with E-state index >= 15 is 0 Å². The summed E-state index contributed by atoms with van der Waals surface area (Å²) in [4.78, 5) is 17.0. The number of piperidine rings is 1. The first-order valence-corrected chi connectivity index (χ1v) is 12.3. The second-order valence-electron chi connectivity index (χ2n) is 10.2. The van der Waals surface area contributed by atoms with E-state index in [1.807, 2.05) is 0 Å². The van der Waals surface area contributed by atoms with Crippen LogP contribution in [0.1, 0.15) is 60.4 Å². The molecule has 2 aliphatic heterocycles. The molecule has 5 rings (SSSR count). The SMILES string of the molecule is N#CCC1(N2CCC(CCC3CC3c3ccccc3)CC2)CN(C(=O)c2ccc(F)cc2)C1. The summed E-state index contributed by atoms with van der Waals surface area (Å²) in [6, 6.07) is 19.0. The molecule has 5 heteroatoms. The quantitative estimate of drug-likeness (QED) is 0.586. The summed E-state index contributed by atoms with van der Waals surface area (Å²) in [7, 11) is 0. The Morgan fingerprint density at radius 2 is 1.73 bits per heavy atom. The summed E-state index contributed by atoms with van der Waals surface area (Å²) in [6.45, 7) is 3.19. The van der Waals surface area contributed by atoms with E-state index in [1.165, 1.54) is 61.9 Å². The number of nitrogens with zero attached hydrogens (tertiary/aromatic N) is 3. The average Bonchev–Trinajstić information content (AvgIpc) is 3.61. The van der Waals surface area contributed by atoms with Gasteiger partial charge in [0.05, 0.1) is 18.0 Å². The van der Waals surface area contributed by atoms with Gasteiger partial charge >= 0.3 is 0 Å². The molecule has 2 unspecified atom stereocenters. The molecule has 2 heterocycles. The third-order valence-electron chi connectivity index (χ3n) is 8.14. The van der Waals surface area contributed by atoms with Crippen molar-refractivity contribution in [2.75, 3.05) is 26.2 Å². The monoisotopic (exact) mass is 445 g/mol. The molecular weight excluding hydrogens is 413 g/mol. The van der Waals surface area contributed by atoms with Crippen molar-refractivity contribution >= 4 is 5.91 Å². The van der Waals surface area contributed by atoms with Crippen LogP contribution in [0.5, 0.6) is 0 Å². The molecule has 33 heavy (non-hydrogen) atoms. The predicted octanol–water partition coefficient (Wildman–Crippen LogP) is 5.23. The number of rotatable bonds is 7. The van der Waals surface area contributed by atoms with Crippen LogP contribution in [0.3, 0.4) is 0 Å². The number of hydrogen-bond donors (Lipinski definition) is 0. The number of carbonyl (C=O) groups is 1. The maximum absolute atomic E-state index is 13.2. The second kappa shape index (κ2) is 9.27. The number of likely N-dealkylation sites (tertiary alicyclic amines) is 2. The van der Waals surface area contributed by atoms with Crippen molar-refractivity contribution in [2.24, 2.45) is 11.8 Å². The van der Waals surface area contributed by atoms with Crippen molar-refractivity contribution in [1.29, 1.82) is 5.26 Å². The van der Waals surface area contributed by atoms with Gasteiger partial charge in [0.15, 0.2) is 0 Å². The van der Waals surface area contributed by atoms with Crippen LogP contribution in [0, 0.1) is 29.0 Å². The van der Waals surface area contributed by atoms with Crippen LogP contribution in [-0.4, -0.2) is 47.4 Å². The Labute approximate surface area is 196 Å². The minimum Gasteiger partial charge on any atom is -0.335 e. The van der Waals surface area contributed by atoms with Crippen LogP contribution in [0.2, 0.25) is 0 Å². The fourth-order valence-corrected chi connectivity index (χ4v) is 5.97. The van der Waals surface area contributed by atoms with Crippen LogP contribution in [-0.2, 0) is 0 Å². The molecular formula is C28H32FN3O. The van der Waals surface area contributed by atoms with Gasteiger partial charge in [0.2, 0.25) is 0 Å². The number of carbonyl (C=O) groups excluding carboxylic acids is 1. The van der Waals surface area contributed by atoms with Gasteiger partial charge in [0.25, 0.3) is 5.91 Å². The van der Waals surface area contributed by atoms with Gasteiger partial charge in [-0.1, -0.05) is 36.8 Å². The van der Waals surface area contributed by atoms with E-state index in [0.29, 0.717) is 25.1 Å². The predicted molar refractivity (Wildman–Crippen MR) is 126 cm³/mol. The van der Waals surface area contributed by atoms with Crippen LogP contribution >= 0.6 is 0 Å². The van der Waals surface area contributed by atoms with Crippen molar-refractivity contribution in [3.8, 4) is 6.07 Å². The fourth-order valence-electron chi connectivity index (χ4n) is 5.97. The molecule has 4 nitrogen and oxygen atoms in total. The summed E-state index contributed by atoms with van der Waals surface area (Å²) in [6.07, 6.45) is 6.79. The number of hydrogen-bond acceptors (Lipinski definition) is 3. The Bertz CT molecular complexity index is 1000. The summed E-state index contributed by atoms with van der Waals surface area (Å²) in [5.74, 6) is 1.98. The second-order valence-corrected chi connectivity index (χ2v) is 10.2. The Hall–Kier alpha value is -2.71. The smallest absolute Gasteiger partial charge is 0.253 e. The highest BCUT2D eigenvalue weighted by molar-refractivity contribution is 5.95. The zero-order valence-electron chi connectivity index (χ0n) is 19.1. The molecule has 0 spiro atoms. The Balaban J connectivity index is 1.10. The van der Waals surface area contributed by atoms with Gasteiger partial charge in [-0.15, -0.1) is 0 Å². The minimum atomic E-state index is -0.339. The fraction of sp³-hybridized carbons (Fsp3) is 0.500. The topological polar surface area (TPSA) is 47.3 Å². The number of halogens is 1. The van der Waals surface area contributed by atoms with Gasteiger partial charge in [-0.2, -0.15) is 5.26 Å². The highest BCUT2D eigenvalue weighted by Crippen LogP contribution is 2.51. The highest BCUT2D eigenvalue weighted by Gasteiger charge is 2.50. The van der Waals surface area contributed by atoms with Crippen LogP contribution < -0.4 is 0 Å². The van der Waals surface area contributed by atoms with E-state index in [0.717, 1.165) is 30.8 Å². The molecule has 0 radical (unpaired) electrons. The Morgan fingerprint density at radius 3 is 2.39 bits per heavy atom. The van der Waals surface area contributed by atoms with Crippen molar-refractivity contribution in [3.63, 3.8) is 0 Å². The normalized spacial score (nSPS) is 24.7. The molecule has 1 aliphatic carbocycles. The third kappa shape index (κ3) is 4.68. The molecule has 1 saturated carbocycles. The highest BCUT2D eigenvalue weighted by atomic mass is 19.1. The van der Waals surface area contributed by atoms with Crippen LogP contribution in [0.25, 0.3) is 0 Å². The third-order valence-corrected chi connectivity index (χ3v) is 8.14. The number of nitriles is 1. The van der Waals surface area contributed by atoms with E-state index in [1.54, 1.807) is 4.90 Å². The first kappa shape index (κ1) is 22.1. The standard InChI is InChI=1S/C28H32FN3O/c29-25-10-8-23(9-11-25)27(33)31-19-28(20-31,14-15-30)32-16-12-21(13-17-32)6-7-24-18-26(24)22-4-2-1-3-5-22/h1-5,8-11,21,24,26H,6-7,12-14,16-20H2. The molecule has 3 aliphatic rings. The lowest BCUT2D eigenvalue weighted by Crippen LogP contribution is -2.72. The van der Waals surface area contributed by atoms with E-state index in [4.69, 9.17) is 0 Å². The molecule has 1 amide bonds. The van der Waals surface area contributed by atoms with Crippen molar-refractivity contribution < 1.29 is 9.18 Å². The molecule has 0 N–H and O–H groups in total. The molecule has 0 bridgehead atoms. The molecule has 172 valence electrons. The summed E-state index contributed by atoms with van der Waals surface area (Å²) in [5, 5.41) is 9.47. The van der Waals surface area contributed by atoms with E-state index in [2.05, 4.69) is 41.3 Å². The largest absolute Gasteiger partial charge is 0.335 e. The first-order chi connectivity index (χ1) is 16.1. The van der Waals surface area contributed by atoms with Gasteiger partial charge in [0, 0.05) is 18.7 Å².